The minimum Gasteiger partial charge on any atom is -0.299 e. The molecule has 7 nitrogen and oxygen atoms in total. The Bertz CT molecular complexity index is 888. The van der Waals surface area contributed by atoms with Crippen molar-refractivity contribution in [2.24, 2.45) is 0 Å². The van der Waals surface area contributed by atoms with Crippen molar-refractivity contribution >= 4 is 21.9 Å². The molecule has 1 aliphatic heterocycles. The Hall–Kier alpha value is -2.48. The molecule has 25 heavy (non-hydrogen) atoms. The van der Waals surface area contributed by atoms with Gasteiger partial charge in [-0.15, -0.1) is 5.10 Å². The molecule has 1 aromatic carbocycles. The van der Waals surface area contributed by atoms with Crippen LogP contribution >= 0.6 is 0 Å². The molecule has 0 unspecified atom stereocenters. The fourth-order valence-electron chi connectivity index (χ4n) is 2.74. The molecule has 1 aromatic heterocycles. The monoisotopic (exact) mass is 360 g/mol. The number of sulfonamides is 1. The Morgan fingerprint density at radius 3 is 2.72 bits per heavy atom. The normalized spacial score (nSPS) is 17.2. The second-order valence-corrected chi connectivity index (χ2v) is 8.08. The summed E-state index contributed by atoms with van der Waals surface area (Å²) in [5.41, 5.74) is 2.09. The van der Waals surface area contributed by atoms with E-state index in [0.29, 0.717) is 17.9 Å². The average Bonchev–Trinajstić information content (AvgIpc) is 3.02. The van der Waals surface area contributed by atoms with Gasteiger partial charge in [0.15, 0.2) is 0 Å². The Kier molecular flexibility index (Phi) is 4.98. The molecule has 0 N–H and O–H groups in total. The van der Waals surface area contributed by atoms with Crippen LogP contribution in [-0.4, -0.2) is 45.8 Å². The minimum atomic E-state index is -3.40. The molecule has 0 saturated carbocycles. The summed E-state index contributed by atoms with van der Waals surface area (Å²) in [6.07, 6.45) is 3.73. The van der Waals surface area contributed by atoms with Gasteiger partial charge in [0.25, 0.3) is 0 Å². The van der Waals surface area contributed by atoms with E-state index < -0.39 is 10.0 Å². The van der Waals surface area contributed by atoms with Crippen LogP contribution in [0, 0.1) is 0 Å². The first kappa shape index (κ1) is 17.3. The van der Waals surface area contributed by atoms with E-state index in [1.54, 1.807) is 23.9 Å². The molecule has 1 saturated heterocycles. The van der Waals surface area contributed by atoms with E-state index in [1.807, 2.05) is 30.3 Å². The Morgan fingerprint density at radius 2 is 2.00 bits per heavy atom. The lowest BCUT2D eigenvalue weighted by Crippen LogP contribution is -2.37. The van der Waals surface area contributed by atoms with Crippen LogP contribution in [0.2, 0.25) is 0 Å². The van der Waals surface area contributed by atoms with Gasteiger partial charge in [0.2, 0.25) is 10.0 Å². The molecular weight excluding hydrogens is 340 g/mol. The molecule has 0 amide bonds. The van der Waals surface area contributed by atoms with Crippen LogP contribution in [0.1, 0.15) is 31.0 Å². The first-order chi connectivity index (χ1) is 12.0. The van der Waals surface area contributed by atoms with Gasteiger partial charge in [-0.1, -0.05) is 35.5 Å². The topological polar surface area (TPSA) is 85.2 Å². The number of Topliss-reactive ketones (excluding diaryl/α,β-unsaturated/α-hetero) is 1. The second-order valence-electron chi connectivity index (χ2n) is 5.90. The molecule has 0 atom stereocenters. The molecule has 8 heteroatoms. The highest BCUT2D eigenvalue weighted by Crippen LogP contribution is 2.24. The number of aromatic nitrogens is 3. The van der Waals surface area contributed by atoms with E-state index >= 15 is 0 Å². The lowest BCUT2D eigenvalue weighted by Gasteiger charge is -2.29. The number of carbonyl (C=O) groups excluding carboxylic acids is 1. The maximum atomic E-state index is 12.2. The van der Waals surface area contributed by atoms with E-state index in [0.717, 1.165) is 5.56 Å². The highest BCUT2D eigenvalue weighted by Gasteiger charge is 2.29. The number of benzene rings is 1. The number of rotatable bonds is 5. The first-order valence-electron chi connectivity index (χ1n) is 8.14. The number of allylic oxidation sites excluding steroid dienone is 1. The first-order valence-corrected chi connectivity index (χ1v) is 9.75. The summed E-state index contributed by atoms with van der Waals surface area (Å²) < 4.78 is 27.5. The fourth-order valence-corrected chi connectivity index (χ4v) is 3.90. The van der Waals surface area contributed by atoms with E-state index in [9.17, 15) is 13.2 Å². The summed E-state index contributed by atoms with van der Waals surface area (Å²) >= 11 is 0. The zero-order valence-electron chi connectivity index (χ0n) is 14.0. The third-order valence-electron chi connectivity index (χ3n) is 4.05. The summed E-state index contributed by atoms with van der Waals surface area (Å²) in [7, 11) is -3.40. The van der Waals surface area contributed by atoms with Crippen molar-refractivity contribution in [3.05, 3.63) is 53.5 Å². The summed E-state index contributed by atoms with van der Waals surface area (Å²) in [5, 5.41) is 8.15. The summed E-state index contributed by atoms with van der Waals surface area (Å²) in [4.78, 5) is 11.8. The second kappa shape index (κ2) is 7.18. The van der Waals surface area contributed by atoms with E-state index in [1.165, 1.54) is 4.31 Å². The van der Waals surface area contributed by atoms with Crippen LogP contribution in [-0.2, 0) is 21.4 Å². The van der Waals surface area contributed by atoms with Crippen LogP contribution in [0.15, 0.2) is 42.2 Å². The molecule has 0 aliphatic carbocycles. The van der Waals surface area contributed by atoms with Gasteiger partial charge in [-0.05, 0) is 18.6 Å². The molecule has 2 heterocycles. The van der Waals surface area contributed by atoms with Crippen molar-refractivity contribution in [1.29, 1.82) is 0 Å². The number of carbonyl (C=O) groups is 1. The number of nitrogens with zero attached hydrogens (tertiary/aromatic N) is 4. The standard InChI is InChI=1S/C17H20N4O3S/c1-2-25(23,24)21-9-8-17(22)11-16(21)10-15-13-20(19-18-15)12-14-6-4-3-5-7-14/h3-7,10,13H,2,8-9,11-12H2,1H3. The largest absolute Gasteiger partial charge is 0.299 e. The van der Waals surface area contributed by atoms with Crippen molar-refractivity contribution in [2.75, 3.05) is 12.3 Å². The average molecular weight is 360 g/mol. The number of ketones is 1. The highest BCUT2D eigenvalue weighted by atomic mass is 32.2. The maximum Gasteiger partial charge on any atom is 0.234 e. The van der Waals surface area contributed by atoms with Gasteiger partial charge in [0.05, 0.1) is 18.5 Å². The molecule has 0 radical (unpaired) electrons. The Balaban J connectivity index is 1.84. The number of hydrogen-bond donors (Lipinski definition) is 0. The SMILES string of the molecule is CCS(=O)(=O)N1CCC(=O)CC1=Cc1cn(Cc2ccccc2)nn1. The van der Waals surface area contributed by atoms with Crippen LogP contribution in [0.5, 0.6) is 0 Å². The predicted octanol–water partition coefficient (Wildman–Crippen LogP) is 1.68. The Morgan fingerprint density at radius 1 is 1.24 bits per heavy atom. The van der Waals surface area contributed by atoms with Gasteiger partial charge in [0, 0.05) is 25.1 Å². The summed E-state index contributed by atoms with van der Waals surface area (Å²) in [5.74, 6) is 0.0321. The van der Waals surface area contributed by atoms with E-state index in [4.69, 9.17) is 0 Å². The smallest absolute Gasteiger partial charge is 0.234 e. The third-order valence-corrected chi connectivity index (χ3v) is 5.87. The predicted molar refractivity (Wildman–Crippen MR) is 94.0 cm³/mol. The van der Waals surface area contributed by atoms with Gasteiger partial charge in [-0.2, -0.15) is 0 Å². The zero-order valence-corrected chi connectivity index (χ0v) is 14.8. The molecule has 1 fully saturated rings. The lowest BCUT2D eigenvalue weighted by molar-refractivity contribution is -0.119. The van der Waals surface area contributed by atoms with Gasteiger partial charge in [-0.3, -0.25) is 9.10 Å². The van der Waals surface area contributed by atoms with Crippen molar-refractivity contribution in [3.8, 4) is 0 Å². The molecule has 3 rings (SSSR count). The molecule has 132 valence electrons. The van der Waals surface area contributed by atoms with Crippen LogP contribution in [0.25, 0.3) is 6.08 Å². The number of piperidine rings is 1. The van der Waals surface area contributed by atoms with Crippen molar-refractivity contribution in [1.82, 2.24) is 19.3 Å². The van der Waals surface area contributed by atoms with E-state index in [2.05, 4.69) is 10.3 Å². The molecule has 2 aromatic rings. The van der Waals surface area contributed by atoms with Gasteiger partial charge >= 0.3 is 0 Å². The summed E-state index contributed by atoms with van der Waals surface area (Å²) in [6.45, 7) is 2.37. The summed E-state index contributed by atoms with van der Waals surface area (Å²) in [6, 6.07) is 9.85. The van der Waals surface area contributed by atoms with Crippen molar-refractivity contribution in [2.45, 2.75) is 26.3 Å². The lowest BCUT2D eigenvalue weighted by atomic mass is 10.1. The maximum absolute atomic E-state index is 12.2. The van der Waals surface area contributed by atoms with Gasteiger partial charge in [-0.25, -0.2) is 13.1 Å². The van der Waals surface area contributed by atoms with Gasteiger partial charge < -0.3 is 0 Å². The number of hydrogen-bond acceptors (Lipinski definition) is 5. The van der Waals surface area contributed by atoms with Crippen LogP contribution in [0.4, 0.5) is 0 Å². The van der Waals surface area contributed by atoms with Gasteiger partial charge in [0.1, 0.15) is 11.5 Å². The van der Waals surface area contributed by atoms with Crippen molar-refractivity contribution in [3.63, 3.8) is 0 Å². The minimum absolute atomic E-state index is 0.000766. The van der Waals surface area contributed by atoms with Crippen LogP contribution < -0.4 is 0 Å². The molecule has 0 bridgehead atoms. The fraction of sp³-hybridized carbons (Fsp3) is 0.353. The molecule has 0 spiro atoms. The third kappa shape index (κ3) is 4.14. The Labute approximate surface area is 147 Å². The zero-order chi connectivity index (χ0) is 17.9. The highest BCUT2D eigenvalue weighted by molar-refractivity contribution is 7.89. The quantitative estimate of drug-likeness (QED) is 0.810. The molecule has 1 aliphatic rings. The van der Waals surface area contributed by atoms with Crippen LogP contribution in [0.3, 0.4) is 0 Å². The molecular formula is C17H20N4O3S. The van der Waals surface area contributed by atoms with E-state index in [-0.39, 0.29) is 30.9 Å². The van der Waals surface area contributed by atoms with Crippen molar-refractivity contribution < 1.29 is 13.2 Å².